The highest BCUT2D eigenvalue weighted by Gasteiger charge is 2.07. The number of amides is 1. The number of aryl methyl sites for hydroxylation is 2. The lowest BCUT2D eigenvalue weighted by molar-refractivity contribution is 0.102. The SMILES string of the molecule is Cc1cc(C)n(Cc2ccc(C(=O)Nc3cccc(Br)c3)cc2)n1. The Balaban J connectivity index is 1.69. The molecule has 24 heavy (non-hydrogen) atoms. The maximum absolute atomic E-state index is 12.3. The Bertz CT molecular complexity index is 869. The molecule has 1 N–H and O–H groups in total. The molecule has 0 spiro atoms. The van der Waals surface area contributed by atoms with Crippen LogP contribution in [-0.2, 0) is 6.54 Å². The van der Waals surface area contributed by atoms with Gasteiger partial charge < -0.3 is 5.32 Å². The standard InChI is InChI=1S/C19H18BrN3O/c1-13-10-14(2)23(22-13)12-15-6-8-16(9-7-15)19(24)21-18-5-3-4-17(20)11-18/h3-11H,12H2,1-2H3,(H,21,24). The van der Waals surface area contributed by atoms with Crippen LogP contribution in [0.25, 0.3) is 0 Å². The Kier molecular flexibility index (Phi) is 4.81. The number of hydrogen-bond donors (Lipinski definition) is 1. The van der Waals surface area contributed by atoms with E-state index in [1.54, 1.807) is 0 Å². The van der Waals surface area contributed by atoms with E-state index in [-0.39, 0.29) is 5.91 Å². The van der Waals surface area contributed by atoms with Gasteiger partial charge in [-0.3, -0.25) is 9.48 Å². The molecule has 122 valence electrons. The molecule has 0 aliphatic rings. The third-order valence-corrected chi connectivity index (χ3v) is 4.23. The van der Waals surface area contributed by atoms with Crippen molar-refractivity contribution in [1.82, 2.24) is 9.78 Å². The summed E-state index contributed by atoms with van der Waals surface area (Å²) < 4.78 is 2.90. The van der Waals surface area contributed by atoms with Crippen molar-refractivity contribution < 1.29 is 4.79 Å². The van der Waals surface area contributed by atoms with E-state index in [4.69, 9.17) is 0 Å². The molecule has 3 rings (SSSR count). The van der Waals surface area contributed by atoms with Crippen LogP contribution in [0.5, 0.6) is 0 Å². The van der Waals surface area contributed by atoms with Gasteiger partial charge in [0.1, 0.15) is 0 Å². The van der Waals surface area contributed by atoms with Crippen LogP contribution in [0.4, 0.5) is 5.69 Å². The molecule has 0 aliphatic heterocycles. The van der Waals surface area contributed by atoms with Gasteiger partial charge >= 0.3 is 0 Å². The molecule has 1 heterocycles. The predicted molar refractivity (Wildman–Crippen MR) is 99.3 cm³/mol. The zero-order valence-corrected chi connectivity index (χ0v) is 15.2. The number of carbonyl (C=O) groups is 1. The quantitative estimate of drug-likeness (QED) is 0.717. The molecule has 1 amide bonds. The van der Waals surface area contributed by atoms with Gasteiger partial charge in [0, 0.05) is 21.4 Å². The van der Waals surface area contributed by atoms with Gasteiger partial charge in [0.25, 0.3) is 5.91 Å². The largest absolute Gasteiger partial charge is 0.322 e. The lowest BCUT2D eigenvalue weighted by Gasteiger charge is -2.08. The van der Waals surface area contributed by atoms with E-state index in [9.17, 15) is 4.79 Å². The van der Waals surface area contributed by atoms with Crippen molar-refractivity contribution in [1.29, 1.82) is 0 Å². The molecule has 0 unspecified atom stereocenters. The summed E-state index contributed by atoms with van der Waals surface area (Å²) in [5.74, 6) is -0.120. The zero-order chi connectivity index (χ0) is 17.1. The molecule has 3 aromatic rings. The summed E-state index contributed by atoms with van der Waals surface area (Å²) in [5.41, 5.74) is 4.65. The van der Waals surface area contributed by atoms with E-state index >= 15 is 0 Å². The summed E-state index contributed by atoms with van der Waals surface area (Å²) in [7, 11) is 0. The lowest BCUT2D eigenvalue weighted by Crippen LogP contribution is -2.12. The van der Waals surface area contributed by atoms with Gasteiger partial charge in [-0.1, -0.05) is 34.1 Å². The van der Waals surface area contributed by atoms with Gasteiger partial charge in [-0.25, -0.2) is 0 Å². The third kappa shape index (κ3) is 3.92. The second-order valence-corrected chi connectivity index (χ2v) is 6.66. The van der Waals surface area contributed by atoms with Crippen LogP contribution in [0.15, 0.2) is 59.1 Å². The summed E-state index contributed by atoms with van der Waals surface area (Å²) >= 11 is 3.40. The van der Waals surface area contributed by atoms with Gasteiger partial charge in [-0.2, -0.15) is 5.10 Å². The molecule has 2 aromatic carbocycles. The molecule has 4 nitrogen and oxygen atoms in total. The van der Waals surface area contributed by atoms with Crippen LogP contribution in [0.3, 0.4) is 0 Å². The minimum Gasteiger partial charge on any atom is -0.322 e. The van der Waals surface area contributed by atoms with Gasteiger partial charge in [0.15, 0.2) is 0 Å². The Labute approximate surface area is 149 Å². The van der Waals surface area contributed by atoms with E-state index in [1.807, 2.05) is 67.1 Å². The number of nitrogens with one attached hydrogen (secondary N) is 1. The summed E-state index contributed by atoms with van der Waals surface area (Å²) in [5, 5.41) is 7.35. The fraction of sp³-hybridized carbons (Fsp3) is 0.158. The highest BCUT2D eigenvalue weighted by molar-refractivity contribution is 9.10. The summed E-state index contributed by atoms with van der Waals surface area (Å²) in [4.78, 5) is 12.3. The molecule has 0 fully saturated rings. The summed E-state index contributed by atoms with van der Waals surface area (Å²) in [6.45, 7) is 4.73. The summed E-state index contributed by atoms with van der Waals surface area (Å²) in [6.07, 6.45) is 0. The Hall–Kier alpha value is -2.40. The van der Waals surface area contributed by atoms with Crippen LogP contribution < -0.4 is 5.32 Å². The number of carbonyl (C=O) groups excluding carboxylic acids is 1. The zero-order valence-electron chi connectivity index (χ0n) is 13.6. The average molecular weight is 384 g/mol. The van der Waals surface area contributed by atoms with Gasteiger partial charge in [-0.15, -0.1) is 0 Å². The summed E-state index contributed by atoms with van der Waals surface area (Å²) in [6, 6.07) is 17.2. The minimum absolute atomic E-state index is 0.120. The molecule has 0 bridgehead atoms. The molecule has 5 heteroatoms. The van der Waals surface area contributed by atoms with Gasteiger partial charge in [0.2, 0.25) is 0 Å². The number of nitrogens with zero attached hydrogens (tertiary/aromatic N) is 2. The second kappa shape index (κ2) is 7.01. The first kappa shape index (κ1) is 16.5. The van der Waals surface area contributed by atoms with Crippen molar-refractivity contribution in [3.8, 4) is 0 Å². The molecule has 0 radical (unpaired) electrons. The lowest BCUT2D eigenvalue weighted by atomic mass is 10.1. The van der Waals surface area contributed by atoms with Crippen LogP contribution in [0.2, 0.25) is 0 Å². The topological polar surface area (TPSA) is 46.9 Å². The van der Waals surface area contributed by atoms with Crippen molar-refractivity contribution in [3.05, 3.63) is 81.6 Å². The van der Waals surface area contributed by atoms with Crippen molar-refractivity contribution >= 4 is 27.5 Å². The van der Waals surface area contributed by atoms with Crippen LogP contribution in [-0.4, -0.2) is 15.7 Å². The Morgan fingerprint density at radius 3 is 2.50 bits per heavy atom. The van der Waals surface area contributed by atoms with Gasteiger partial charge in [0.05, 0.1) is 12.2 Å². The smallest absolute Gasteiger partial charge is 0.255 e. The van der Waals surface area contributed by atoms with Crippen molar-refractivity contribution in [2.24, 2.45) is 0 Å². The number of aromatic nitrogens is 2. The fourth-order valence-corrected chi connectivity index (χ4v) is 2.94. The first-order chi connectivity index (χ1) is 11.5. The van der Waals surface area contributed by atoms with Crippen LogP contribution in [0, 0.1) is 13.8 Å². The maximum atomic E-state index is 12.3. The van der Waals surface area contributed by atoms with E-state index in [2.05, 4.69) is 32.4 Å². The molecule has 1 aromatic heterocycles. The molecular formula is C19H18BrN3O. The van der Waals surface area contributed by atoms with E-state index < -0.39 is 0 Å². The average Bonchev–Trinajstić information content (AvgIpc) is 2.85. The minimum atomic E-state index is -0.120. The van der Waals surface area contributed by atoms with Crippen molar-refractivity contribution in [2.75, 3.05) is 5.32 Å². The highest BCUT2D eigenvalue weighted by atomic mass is 79.9. The monoisotopic (exact) mass is 383 g/mol. The Morgan fingerprint density at radius 2 is 1.88 bits per heavy atom. The van der Waals surface area contributed by atoms with E-state index in [0.717, 1.165) is 27.1 Å². The van der Waals surface area contributed by atoms with Crippen molar-refractivity contribution in [2.45, 2.75) is 20.4 Å². The van der Waals surface area contributed by atoms with Crippen LogP contribution in [0.1, 0.15) is 27.3 Å². The van der Waals surface area contributed by atoms with E-state index in [0.29, 0.717) is 12.1 Å². The molecule has 0 aliphatic carbocycles. The number of hydrogen-bond acceptors (Lipinski definition) is 2. The number of anilines is 1. The highest BCUT2D eigenvalue weighted by Crippen LogP contribution is 2.17. The molecular weight excluding hydrogens is 366 g/mol. The van der Waals surface area contributed by atoms with Crippen LogP contribution >= 0.6 is 15.9 Å². The van der Waals surface area contributed by atoms with Gasteiger partial charge in [-0.05, 0) is 55.8 Å². The van der Waals surface area contributed by atoms with Crippen molar-refractivity contribution in [3.63, 3.8) is 0 Å². The fourth-order valence-electron chi connectivity index (χ4n) is 2.54. The second-order valence-electron chi connectivity index (χ2n) is 5.75. The molecule has 0 saturated heterocycles. The number of halogens is 1. The molecule has 0 saturated carbocycles. The first-order valence-corrected chi connectivity index (χ1v) is 8.47. The van der Waals surface area contributed by atoms with E-state index in [1.165, 1.54) is 0 Å². The molecule has 0 atom stereocenters. The normalized spacial score (nSPS) is 10.6. The first-order valence-electron chi connectivity index (χ1n) is 7.68. The third-order valence-electron chi connectivity index (χ3n) is 3.73. The number of rotatable bonds is 4. The maximum Gasteiger partial charge on any atom is 0.255 e. The predicted octanol–water partition coefficient (Wildman–Crippen LogP) is 4.56. The Morgan fingerprint density at radius 1 is 1.12 bits per heavy atom. The number of benzene rings is 2.